The molecule has 4 nitrogen and oxygen atoms in total. The van der Waals surface area contributed by atoms with Crippen LogP contribution < -0.4 is 10.6 Å². The van der Waals surface area contributed by atoms with E-state index in [9.17, 15) is 4.79 Å². The fourth-order valence-corrected chi connectivity index (χ4v) is 1.60. The second kappa shape index (κ2) is 4.79. The molecule has 2 N–H and O–H groups in total. The van der Waals surface area contributed by atoms with Crippen LogP contribution in [0.1, 0.15) is 12.0 Å². The lowest BCUT2D eigenvalue weighted by Crippen LogP contribution is -2.39. The second-order valence-corrected chi connectivity index (χ2v) is 3.83. The van der Waals surface area contributed by atoms with Crippen molar-refractivity contribution < 1.29 is 4.79 Å². The number of carbonyl (C=O) groups is 1. The summed E-state index contributed by atoms with van der Waals surface area (Å²) in [6.45, 7) is 3.54. The molecule has 0 bridgehead atoms. The zero-order valence-corrected chi connectivity index (χ0v) is 9.29. The lowest BCUT2D eigenvalue weighted by atomic mass is 10.2. The van der Waals surface area contributed by atoms with Crippen LogP contribution >= 0.6 is 0 Å². The molecule has 1 amide bonds. The third kappa shape index (κ3) is 2.59. The molecule has 0 radical (unpaired) electrons. The Balaban J connectivity index is 2.04. The predicted octanol–water partition coefficient (Wildman–Crippen LogP) is 1.33. The van der Waals surface area contributed by atoms with Crippen molar-refractivity contribution in [2.45, 2.75) is 13.3 Å². The van der Waals surface area contributed by atoms with E-state index in [0.717, 1.165) is 30.8 Å². The Bertz CT molecular complexity index is 426. The Hall–Kier alpha value is -1.84. The summed E-state index contributed by atoms with van der Waals surface area (Å²) >= 11 is 0. The lowest BCUT2D eigenvalue weighted by molar-refractivity contribution is -0.110. The van der Waals surface area contributed by atoms with Crippen molar-refractivity contribution in [1.82, 2.24) is 5.32 Å². The SMILES string of the molecule is Cc1cccc(NC(=O)C2=NCCCN2)c1. The largest absolute Gasteiger partial charge is 0.366 e. The molecule has 16 heavy (non-hydrogen) atoms. The van der Waals surface area contributed by atoms with E-state index >= 15 is 0 Å². The minimum Gasteiger partial charge on any atom is -0.366 e. The van der Waals surface area contributed by atoms with Crippen molar-refractivity contribution in [1.29, 1.82) is 0 Å². The highest BCUT2D eigenvalue weighted by atomic mass is 16.2. The molecule has 84 valence electrons. The van der Waals surface area contributed by atoms with E-state index < -0.39 is 0 Å². The van der Waals surface area contributed by atoms with E-state index in [1.165, 1.54) is 0 Å². The van der Waals surface area contributed by atoms with Crippen LogP contribution in [0.3, 0.4) is 0 Å². The normalized spacial score (nSPS) is 14.9. The van der Waals surface area contributed by atoms with E-state index in [0.29, 0.717) is 5.84 Å². The Morgan fingerprint density at radius 1 is 1.50 bits per heavy atom. The highest BCUT2D eigenvalue weighted by molar-refractivity contribution is 6.42. The fraction of sp³-hybridized carbons (Fsp3) is 0.333. The van der Waals surface area contributed by atoms with Gasteiger partial charge >= 0.3 is 0 Å². The average Bonchev–Trinajstić information content (AvgIpc) is 2.30. The van der Waals surface area contributed by atoms with Gasteiger partial charge in [0.15, 0.2) is 5.84 Å². The summed E-state index contributed by atoms with van der Waals surface area (Å²) in [6, 6.07) is 7.71. The molecule has 1 heterocycles. The van der Waals surface area contributed by atoms with E-state index in [2.05, 4.69) is 15.6 Å². The summed E-state index contributed by atoms with van der Waals surface area (Å²) < 4.78 is 0. The third-order valence-corrected chi connectivity index (χ3v) is 2.39. The number of carbonyl (C=O) groups excluding carboxylic acids is 1. The molecule has 1 aliphatic rings. The minimum absolute atomic E-state index is 0.162. The summed E-state index contributed by atoms with van der Waals surface area (Å²) in [7, 11) is 0. The van der Waals surface area contributed by atoms with Crippen molar-refractivity contribution in [2.75, 3.05) is 18.4 Å². The average molecular weight is 217 g/mol. The molecular formula is C12H15N3O. The summed E-state index contributed by atoms with van der Waals surface area (Å²) in [6.07, 6.45) is 0.987. The molecule has 0 saturated heterocycles. The zero-order chi connectivity index (χ0) is 11.4. The first-order valence-electron chi connectivity index (χ1n) is 5.42. The maximum absolute atomic E-state index is 11.8. The maximum atomic E-state index is 11.8. The van der Waals surface area contributed by atoms with Crippen LogP contribution in [0.15, 0.2) is 29.3 Å². The molecule has 1 aromatic carbocycles. The number of benzene rings is 1. The van der Waals surface area contributed by atoms with Gasteiger partial charge in [-0.15, -0.1) is 0 Å². The zero-order valence-electron chi connectivity index (χ0n) is 9.29. The highest BCUT2D eigenvalue weighted by Crippen LogP contribution is 2.09. The first kappa shape index (κ1) is 10.7. The topological polar surface area (TPSA) is 53.5 Å². The first-order chi connectivity index (χ1) is 7.75. The minimum atomic E-state index is -0.162. The number of anilines is 1. The van der Waals surface area contributed by atoms with Crippen LogP contribution in [-0.4, -0.2) is 24.8 Å². The molecule has 0 atom stereocenters. The molecule has 4 heteroatoms. The first-order valence-corrected chi connectivity index (χ1v) is 5.42. The van der Waals surface area contributed by atoms with Gasteiger partial charge in [-0.25, -0.2) is 0 Å². The number of hydrogen-bond acceptors (Lipinski definition) is 3. The molecular weight excluding hydrogens is 202 g/mol. The van der Waals surface area contributed by atoms with Crippen molar-refractivity contribution in [3.8, 4) is 0 Å². The van der Waals surface area contributed by atoms with Crippen molar-refractivity contribution in [2.24, 2.45) is 4.99 Å². The van der Waals surface area contributed by atoms with Gasteiger partial charge in [0.05, 0.1) is 0 Å². The van der Waals surface area contributed by atoms with Gasteiger partial charge in [-0.1, -0.05) is 12.1 Å². The summed E-state index contributed by atoms with van der Waals surface area (Å²) in [5.74, 6) is 0.276. The molecule has 0 aliphatic carbocycles. The van der Waals surface area contributed by atoms with Crippen LogP contribution in [0.2, 0.25) is 0 Å². The number of amides is 1. The molecule has 1 aliphatic heterocycles. The van der Waals surface area contributed by atoms with Gasteiger partial charge in [0.2, 0.25) is 0 Å². The van der Waals surface area contributed by atoms with Crippen LogP contribution in [0, 0.1) is 6.92 Å². The number of hydrogen-bond donors (Lipinski definition) is 2. The van der Waals surface area contributed by atoms with Crippen LogP contribution in [0.4, 0.5) is 5.69 Å². The van der Waals surface area contributed by atoms with Crippen LogP contribution in [-0.2, 0) is 4.79 Å². The van der Waals surface area contributed by atoms with Gasteiger partial charge < -0.3 is 10.6 Å². The smallest absolute Gasteiger partial charge is 0.290 e. The van der Waals surface area contributed by atoms with Crippen molar-refractivity contribution in [3.05, 3.63) is 29.8 Å². The van der Waals surface area contributed by atoms with Gasteiger partial charge in [0.25, 0.3) is 5.91 Å². The number of nitrogens with one attached hydrogen (secondary N) is 2. The standard InChI is InChI=1S/C12H15N3O/c1-9-4-2-5-10(8-9)15-12(16)11-13-6-3-7-14-11/h2,4-5,8H,3,6-7H2,1H3,(H,13,14)(H,15,16). The van der Waals surface area contributed by atoms with Gasteiger partial charge in [-0.3, -0.25) is 9.79 Å². The number of rotatable bonds is 2. The monoisotopic (exact) mass is 217 g/mol. The van der Waals surface area contributed by atoms with Gasteiger partial charge in [0.1, 0.15) is 0 Å². The van der Waals surface area contributed by atoms with Crippen LogP contribution in [0.5, 0.6) is 0 Å². The summed E-state index contributed by atoms with van der Waals surface area (Å²) in [5.41, 5.74) is 1.93. The van der Waals surface area contributed by atoms with Crippen molar-refractivity contribution in [3.63, 3.8) is 0 Å². The summed E-state index contributed by atoms with van der Waals surface area (Å²) in [5, 5.41) is 5.81. The van der Waals surface area contributed by atoms with Gasteiger partial charge in [-0.05, 0) is 31.0 Å². The number of aliphatic imine (C=N–C) groups is 1. The van der Waals surface area contributed by atoms with Gasteiger partial charge in [0, 0.05) is 18.8 Å². The molecule has 0 fully saturated rings. The number of nitrogens with zero attached hydrogens (tertiary/aromatic N) is 1. The summed E-state index contributed by atoms with van der Waals surface area (Å²) in [4.78, 5) is 15.9. The van der Waals surface area contributed by atoms with E-state index in [1.807, 2.05) is 31.2 Å². The van der Waals surface area contributed by atoms with Crippen molar-refractivity contribution >= 4 is 17.4 Å². The van der Waals surface area contributed by atoms with E-state index in [4.69, 9.17) is 0 Å². The molecule has 0 unspecified atom stereocenters. The maximum Gasteiger partial charge on any atom is 0.290 e. The predicted molar refractivity (Wildman–Crippen MR) is 64.7 cm³/mol. The molecule has 2 rings (SSSR count). The van der Waals surface area contributed by atoms with E-state index in [-0.39, 0.29) is 5.91 Å². The Morgan fingerprint density at radius 3 is 3.06 bits per heavy atom. The Kier molecular flexibility index (Phi) is 3.19. The third-order valence-electron chi connectivity index (χ3n) is 2.39. The quantitative estimate of drug-likeness (QED) is 0.785. The van der Waals surface area contributed by atoms with E-state index in [1.54, 1.807) is 0 Å². The molecule has 1 aromatic rings. The fourth-order valence-electron chi connectivity index (χ4n) is 1.60. The molecule has 0 aromatic heterocycles. The highest BCUT2D eigenvalue weighted by Gasteiger charge is 2.13. The lowest BCUT2D eigenvalue weighted by Gasteiger charge is -2.14. The molecule has 0 saturated carbocycles. The number of amidine groups is 1. The number of aryl methyl sites for hydroxylation is 1. The van der Waals surface area contributed by atoms with Gasteiger partial charge in [-0.2, -0.15) is 0 Å². The van der Waals surface area contributed by atoms with Crippen LogP contribution in [0.25, 0.3) is 0 Å². The second-order valence-electron chi connectivity index (χ2n) is 3.83. The Labute approximate surface area is 94.8 Å². The Morgan fingerprint density at radius 2 is 2.38 bits per heavy atom. The molecule has 0 spiro atoms.